The fourth-order valence-corrected chi connectivity index (χ4v) is 13.2. The number of halogens is 3. The molecule has 6 amide bonds. The van der Waals surface area contributed by atoms with Crippen molar-refractivity contribution in [3.8, 4) is 0 Å². The van der Waals surface area contributed by atoms with Gasteiger partial charge in [0, 0.05) is 65.3 Å². The number of nitrogens with one attached hydrogen (secondary N) is 3. The van der Waals surface area contributed by atoms with E-state index in [0.29, 0.717) is 33.8 Å². The first-order valence-electron chi connectivity index (χ1n) is 30.6. The van der Waals surface area contributed by atoms with Gasteiger partial charge in [-0.15, -0.1) is 0 Å². The van der Waals surface area contributed by atoms with Crippen LogP contribution in [0.3, 0.4) is 0 Å². The molecule has 0 heterocycles. The van der Waals surface area contributed by atoms with Crippen LogP contribution in [0.25, 0.3) is 0 Å². The van der Waals surface area contributed by atoms with Crippen molar-refractivity contribution in [3.05, 3.63) is 227 Å². The number of anilines is 3. The van der Waals surface area contributed by atoms with E-state index in [1.165, 1.54) is 32.9 Å². The molecule has 0 radical (unpaired) electrons. The van der Waals surface area contributed by atoms with Crippen molar-refractivity contribution in [1.29, 1.82) is 0 Å². The van der Waals surface area contributed by atoms with Gasteiger partial charge in [-0.25, -0.2) is 0 Å². The predicted octanol–water partition coefficient (Wildman–Crippen LogP) is 16.4. The van der Waals surface area contributed by atoms with E-state index in [2.05, 4.69) is 63.7 Å². The summed E-state index contributed by atoms with van der Waals surface area (Å²) in [5.74, 6) is -3.22. The molecule has 0 saturated heterocycles. The number of aryl methyl sites for hydroxylation is 3. The van der Waals surface area contributed by atoms with Gasteiger partial charge in [-0.2, -0.15) is 0 Å². The smallest absolute Gasteiger partial charge is 0.259 e. The molecule has 0 bridgehead atoms. The summed E-state index contributed by atoms with van der Waals surface area (Å²) >= 11 is 10.8. The fraction of sp³-hybridized carbons (Fsp3) is 0.333. The highest BCUT2D eigenvalue weighted by atomic mass is 79.9. The number of hydrogen-bond donors (Lipinski definition) is 3. The maximum absolute atomic E-state index is 16.6. The van der Waals surface area contributed by atoms with Gasteiger partial charge in [-0.1, -0.05) is 195 Å². The number of hydrogen-bond acceptors (Lipinski definition) is 6. The number of benzene rings is 7. The molecule has 0 aliphatic heterocycles. The molecule has 15 heteroatoms. The molecule has 3 atom stereocenters. The molecule has 3 aliphatic carbocycles. The molecule has 87 heavy (non-hydrogen) atoms. The Morgan fingerprint density at radius 3 is 0.770 bits per heavy atom. The first kappa shape index (κ1) is 62.8. The second-order valence-corrected chi connectivity index (χ2v) is 26.5. The van der Waals surface area contributed by atoms with Gasteiger partial charge < -0.3 is 16.0 Å². The maximum Gasteiger partial charge on any atom is 0.259 e. The lowest BCUT2D eigenvalue weighted by atomic mass is 9.93. The second kappa shape index (κ2) is 29.2. The molecule has 3 N–H and O–H groups in total. The highest BCUT2D eigenvalue weighted by molar-refractivity contribution is 9.11. The zero-order chi connectivity index (χ0) is 61.1. The van der Waals surface area contributed by atoms with Crippen molar-refractivity contribution in [3.63, 3.8) is 0 Å². The maximum atomic E-state index is 16.6. The van der Waals surface area contributed by atoms with E-state index in [4.69, 9.17) is 0 Å². The summed E-state index contributed by atoms with van der Waals surface area (Å²) in [4.78, 5) is 100. The second-order valence-electron chi connectivity index (χ2n) is 23.7. The molecule has 0 unspecified atom stereocenters. The molecule has 3 aliphatic rings. The molecule has 450 valence electrons. The number of nitrogens with zero attached hydrogens (tertiary/aromatic N) is 3. The summed E-state index contributed by atoms with van der Waals surface area (Å²) < 4.78 is 2.33. The van der Waals surface area contributed by atoms with Crippen LogP contribution in [0.2, 0.25) is 0 Å². The molecule has 7 aromatic carbocycles. The average Bonchev–Trinajstić information content (AvgIpc) is 1.86. The van der Waals surface area contributed by atoms with Crippen LogP contribution >= 0.6 is 47.8 Å². The number of carbonyl (C=O) groups excluding carboxylic acids is 6. The highest BCUT2D eigenvalue weighted by Crippen LogP contribution is 2.38. The van der Waals surface area contributed by atoms with Crippen molar-refractivity contribution in [1.82, 2.24) is 16.0 Å². The van der Waals surface area contributed by atoms with Crippen molar-refractivity contribution in [2.75, 3.05) is 14.7 Å². The van der Waals surface area contributed by atoms with Crippen LogP contribution in [0.5, 0.6) is 0 Å². The SMILES string of the molecule is Cc1ccc(N(C(=O)c2cc(C(=O)N(c3ccc(C)cc3)[C@@H](C(=O)NC3CCCCC3)c3ccc(Br)cc3)cc(C(=O)N(c3ccc(C)cc3)[C@@H](C(=O)NC3CCCCC3)c3ccc(Br)cc3)c2)[C@@H](C(=O)NC2CCCCC2)c2ccc(Br)cc2)cc1. The lowest BCUT2D eigenvalue weighted by molar-refractivity contribution is -0.124. The number of rotatable bonds is 18. The molecule has 12 nitrogen and oxygen atoms in total. The Bertz CT molecular complexity index is 3160. The van der Waals surface area contributed by atoms with Crippen molar-refractivity contribution >= 4 is 100 Å². The van der Waals surface area contributed by atoms with Crippen LogP contribution < -0.4 is 30.7 Å². The normalized spacial score (nSPS) is 15.9. The van der Waals surface area contributed by atoms with Gasteiger partial charge in [-0.05, 0) is 167 Å². The predicted molar refractivity (Wildman–Crippen MR) is 356 cm³/mol. The molecule has 3 saturated carbocycles. The topological polar surface area (TPSA) is 148 Å². The van der Waals surface area contributed by atoms with E-state index in [9.17, 15) is 0 Å². The van der Waals surface area contributed by atoms with Crippen LogP contribution in [0, 0.1) is 20.8 Å². The molecule has 0 aromatic heterocycles. The Balaban J connectivity index is 1.21. The van der Waals surface area contributed by atoms with Crippen LogP contribution in [0.1, 0.15) is 179 Å². The summed E-state index contributed by atoms with van der Waals surface area (Å²) in [6.45, 7) is 5.83. The van der Waals surface area contributed by atoms with E-state index in [0.717, 1.165) is 126 Å². The van der Waals surface area contributed by atoms with Gasteiger partial charge in [0.1, 0.15) is 18.1 Å². The minimum absolute atomic E-state index is 0.0937. The number of carbonyl (C=O) groups is 6. The van der Waals surface area contributed by atoms with Gasteiger partial charge >= 0.3 is 0 Å². The van der Waals surface area contributed by atoms with Crippen LogP contribution in [0.4, 0.5) is 17.1 Å². The van der Waals surface area contributed by atoms with Crippen LogP contribution in [-0.4, -0.2) is 53.6 Å². The van der Waals surface area contributed by atoms with Crippen LogP contribution in [0.15, 0.2) is 177 Å². The lowest BCUT2D eigenvalue weighted by Gasteiger charge is -2.35. The van der Waals surface area contributed by atoms with Gasteiger partial charge in [0.15, 0.2) is 0 Å². The summed E-state index contributed by atoms with van der Waals surface area (Å²) in [5, 5.41) is 9.98. The van der Waals surface area contributed by atoms with E-state index in [-0.39, 0.29) is 52.5 Å². The molecule has 10 rings (SSSR count). The summed E-state index contributed by atoms with van der Waals surface area (Å²) in [6, 6.07) is 44.3. The monoisotopic (exact) mass is 1360 g/mol. The Morgan fingerprint density at radius 2 is 0.552 bits per heavy atom. The lowest BCUT2D eigenvalue weighted by Crippen LogP contribution is -2.48. The zero-order valence-electron chi connectivity index (χ0n) is 49.6. The Morgan fingerprint density at radius 1 is 0.333 bits per heavy atom. The van der Waals surface area contributed by atoms with Gasteiger partial charge in [-0.3, -0.25) is 43.5 Å². The van der Waals surface area contributed by atoms with E-state index in [1.807, 2.05) is 130 Å². The molecular formula is C72H75Br3N6O6. The van der Waals surface area contributed by atoms with Crippen molar-refractivity contribution in [2.45, 2.75) is 153 Å². The third-order valence-corrected chi connectivity index (χ3v) is 18.8. The fourth-order valence-electron chi connectivity index (χ4n) is 12.5. The summed E-state index contributed by atoms with van der Waals surface area (Å²) in [7, 11) is 0. The summed E-state index contributed by atoms with van der Waals surface area (Å²) in [5.41, 5.74) is 5.27. The van der Waals surface area contributed by atoms with Gasteiger partial charge in [0.2, 0.25) is 17.7 Å². The van der Waals surface area contributed by atoms with Crippen LogP contribution in [-0.2, 0) is 14.4 Å². The quantitative estimate of drug-likeness (QED) is 0.0779. The first-order chi connectivity index (χ1) is 42.1. The largest absolute Gasteiger partial charge is 0.351 e. The Hall–Kier alpha value is -7.20. The van der Waals surface area contributed by atoms with Gasteiger partial charge in [0.05, 0.1) is 0 Å². The van der Waals surface area contributed by atoms with Crippen molar-refractivity contribution < 1.29 is 28.8 Å². The summed E-state index contributed by atoms with van der Waals surface area (Å²) in [6.07, 6.45) is 13.7. The third kappa shape index (κ3) is 15.6. The van der Waals surface area contributed by atoms with Gasteiger partial charge in [0.25, 0.3) is 17.7 Å². The number of amides is 6. The molecule has 0 spiro atoms. The minimum atomic E-state index is -1.24. The standard InChI is InChI=1S/C72H75Br3N6O6/c1-46-19-37-61(38-20-46)79(64(49-25-31-55(73)32-26-49)67(82)76-58-13-7-4-8-14-58)70(85)52-43-53(71(86)80(62-39-21-47(2)22-40-62)65(50-27-33-56(74)34-28-50)68(83)77-59-15-9-5-10-16-59)45-54(44-52)72(87)81(63-41-23-48(3)24-42-63)66(51-29-35-57(75)36-30-51)69(84)78-60-17-11-6-12-18-60/h19-45,58-60,64-66H,4-18H2,1-3H3,(H,76,82)(H,77,83)(H,78,84)/t64-,65-,66-/m1/s1. The minimum Gasteiger partial charge on any atom is -0.351 e. The first-order valence-corrected chi connectivity index (χ1v) is 33.0. The van der Waals surface area contributed by atoms with E-state index < -0.39 is 35.8 Å². The van der Waals surface area contributed by atoms with E-state index in [1.54, 1.807) is 36.4 Å². The molecule has 3 fully saturated rings. The third-order valence-electron chi connectivity index (χ3n) is 17.2. The molecule has 7 aromatic rings. The Kier molecular flexibility index (Phi) is 21.1. The average molecular weight is 1360 g/mol. The molecular weight excluding hydrogens is 1280 g/mol. The van der Waals surface area contributed by atoms with Crippen molar-refractivity contribution in [2.24, 2.45) is 0 Å². The zero-order valence-corrected chi connectivity index (χ0v) is 54.3. The Labute approximate surface area is 536 Å². The highest BCUT2D eigenvalue weighted by Gasteiger charge is 2.40. The van der Waals surface area contributed by atoms with E-state index >= 15 is 28.8 Å².